The third kappa shape index (κ3) is 3.43. The van der Waals surface area contributed by atoms with Crippen LogP contribution in [0.1, 0.15) is 31.9 Å². The van der Waals surface area contributed by atoms with Crippen LogP contribution in [0.3, 0.4) is 0 Å². The van der Waals surface area contributed by atoms with Gasteiger partial charge in [0.25, 0.3) is 0 Å². The molecule has 2 aliphatic rings. The highest BCUT2D eigenvalue weighted by molar-refractivity contribution is 5.83. The molecule has 1 N–H and O–H groups in total. The molecule has 0 bridgehead atoms. The molecule has 7 heteroatoms. The summed E-state index contributed by atoms with van der Waals surface area (Å²) in [5, 5.41) is 7.09. The lowest BCUT2D eigenvalue weighted by Crippen LogP contribution is -2.37. The van der Waals surface area contributed by atoms with Gasteiger partial charge in [0.2, 0.25) is 5.72 Å². The molecule has 0 spiro atoms. The van der Waals surface area contributed by atoms with Crippen LogP contribution in [0.2, 0.25) is 0 Å². The van der Waals surface area contributed by atoms with E-state index in [0.717, 1.165) is 28.5 Å². The van der Waals surface area contributed by atoms with Crippen LogP contribution in [-0.2, 0) is 6.18 Å². The number of rotatable bonds is 4. The van der Waals surface area contributed by atoms with Gasteiger partial charge < -0.3 is 14.9 Å². The number of hydrogen-bond acceptors (Lipinski definition) is 4. The monoisotopic (exact) mass is 452 g/mol. The van der Waals surface area contributed by atoms with Gasteiger partial charge in [-0.15, -0.1) is 0 Å². The second kappa shape index (κ2) is 7.02. The van der Waals surface area contributed by atoms with E-state index in [2.05, 4.69) is 11.9 Å². The van der Waals surface area contributed by atoms with Crippen molar-refractivity contribution < 1.29 is 22.7 Å². The molecular formula is C26H23F3N2O2. The molecule has 33 heavy (non-hydrogen) atoms. The summed E-state index contributed by atoms with van der Waals surface area (Å²) in [6.07, 6.45) is -1.23. The molecular weight excluding hydrogens is 429 g/mol. The summed E-state index contributed by atoms with van der Waals surface area (Å²) in [4.78, 5) is 6.14. The first kappa shape index (κ1) is 21.4. The van der Waals surface area contributed by atoms with Gasteiger partial charge in [-0.2, -0.15) is 13.2 Å². The second-order valence-electron chi connectivity index (χ2n) is 8.79. The number of alkyl halides is 3. The fourth-order valence-corrected chi connectivity index (χ4v) is 4.20. The van der Waals surface area contributed by atoms with Crippen LogP contribution in [0.4, 0.5) is 18.9 Å². The number of anilines is 1. The summed E-state index contributed by atoms with van der Waals surface area (Å²) in [6, 6.07) is 15.8. The number of fused-ring (bicyclic) bond motifs is 3. The van der Waals surface area contributed by atoms with Crippen LogP contribution in [0.25, 0.3) is 16.8 Å². The minimum absolute atomic E-state index is 0.121. The van der Waals surface area contributed by atoms with Crippen molar-refractivity contribution in [2.45, 2.75) is 38.3 Å². The number of hydrogen-bond donors (Lipinski definition) is 1. The Morgan fingerprint density at radius 1 is 1.09 bits per heavy atom. The number of nitrogens with zero attached hydrogens (tertiary/aromatic N) is 1. The van der Waals surface area contributed by atoms with Crippen molar-refractivity contribution in [3.63, 3.8) is 0 Å². The first-order chi connectivity index (χ1) is 15.5. The van der Waals surface area contributed by atoms with E-state index in [1.165, 1.54) is 0 Å². The predicted molar refractivity (Wildman–Crippen MR) is 123 cm³/mol. The zero-order chi connectivity index (χ0) is 23.6. The van der Waals surface area contributed by atoms with Crippen LogP contribution in [-0.4, -0.2) is 16.5 Å². The minimum Gasteiger partial charge on any atom is -0.463 e. The van der Waals surface area contributed by atoms with E-state index in [9.17, 15) is 13.2 Å². The van der Waals surface area contributed by atoms with E-state index in [1.807, 2.05) is 49.4 Å². The molecule has 0 amide bonds. The van der Waals surface area contributed by atoms with Crippen molar-refractivity contribution in [3.8, 4) is 11.5 Å². The Kier molecular flexibility index (Phi) is 4.55. The third-order valence-electron chi connectivity index (χ3n) is 6.25. The summed E-state index contributed by atoms with van der Waals surface area (Å²) in [5.74, 6) is 0.731. The molecule has 3 atom stereocenters. The van der Waals surface area contributed by atoms with E-state index < -0.39 is 23.1 Å². The normalized spacial score (nSPS) is 25.7. The van der Waals surface area contributed by atoms with Gasteiger partial charge in [0.1, 0.15) is 11.5 Å². The number of nitrogens with one attached hydrogen (secondary N) is 1. The Morgan fingerprint density at radius 2 is 1.82 bits per heavy atom. The summed E-state index contributed by atoms with van der Waals surface area (Å²) in [5.41, 5.74) is -0.989. The Labute approximate surface area is 189 Å². The van der Waals surface area contributed by atoms with Crippen LogP contribution >= 0.6 is 0 Å². The highest BCUT2D eigenvalue weighted by Crippen LogP contribution is 2.58. The molecule has 4 nitrogen and oxygen atoms in total. The number of allylic oxidation sites excluding steroid dienone is 2. The fourth-order valence-electron chi connectivity index (χ4n) is 4.20. The molecule has 1 fully saturated rings. The lowest BCUT2D eigenvalue weighted by molar-refractivity contribution is -0.137. The van der Waals surface area contributed by atoms with Gasteiger partial charge in [-0.3, -0.25) is 0 Å². The second-order valence-corrected chi connectivity index (χ2v) is 8.79. The average molecular weight is 452 g/mol. The molecule has 2 unspecified atom stereocenters. The van der Waals surface area contributed by atoms with Crippen LogP contribution in [0.5, 0.6) is 11.5 Å². The predicted octanol–water partition coefficient (Wildman–Crippen LogP) is 6.99. The maximum atomic E-state index is 13.6. The third-order valence-corrected chi connectivity index (χ3v) is 6.25. The SMILES string of the molecule is C=C(C)/C=C\c1cc(C(F)(F)F)cc2c1N[C@@]1(C)N(Oc3ccc4ccccc4c3)C1(C)O2. The summed E-state index contributed by atoms with van der Waals surface area (Å²) < 4.78 is 46.8. The quantitative estimate of drug-likeness (QED) is 0.342. The van der Waals surface area contributed by atoms with Crippen molar-refractivity contribution in [1.29, 1.82) is 0 Å². The van der Waals surface area contributed by atoms with E-state index in [0.29, 0.717) is 17.0 Å². The first-order valence-corrected chi connectivity index (χ1v) is 10.5. The van der Waals surface area contributed by atoms with Crippen molar-refractivity contribution in [2.24, 2.45) is 0 Å². The zero-order valence-corrected chi connectivity index (χ0v) is 18.5. The summed E-state index contributed by atoms with van der Waals surface area (Å²) in [6.45, 7) is 9.24. The van der Waals surface area contributed by atoms with Gasteiger partial charge in [0.05, 0.1) is 11.3 Å². The van der Waals surface area contributed by atoms with Crippen molar-refractivity contribution in [3.05, 3.63) is 84.0 Å². The van der Waals surface area contributed by atoms with Crippen LogP contribution in [0, 0.1) is 0 Å². The van der Waals surface area contributed by atoms with Gasteiger partial charge in [-0.1, -0.05) is 59.7 Å². The lowest BCUT2D eigenvalue weighted by Gasteiger charge is -2.28. The molecule has 0 aliphatic carbocycles. The number of halogens is 3. The molecule has 5 rings (SSSR count). The van der Waals surface area contributed by atoms with Crippen LogP contribution in [0.15, 0.2) is 72.8 Å². The van der Waals surface area contributed by atoms with Gasteiger partial charge in [0.15, 0.2) is 5.66 Å². The van der Waals surface area contributed by atoms with Crippen molar-refractivity contribution >= 4 is 22.5 Å². The Bertz CT molecular complexity index is 1320. The largest absolute Gasteiger partial charge is 0.463 e. The van der Waals surface area contributed by atoms with E-state index in [-0.39, 0.29) is 5.75 Å². The van der Waals surface area contributed by atoms with Gasteiger partial charge in [0, 0.05) is 5.56 Å². The maximum absolute atomic E-state index is 13.6. The standard InChI is InChI=1S/C26H23F3N2O2/c1-16(2)9-10-19-13-20(26(27,28)29)15-22-23(19)30-24(3)25(4,32-22)31(24)33-21-12-11-17-7-5-6-8-18(17)14-21/h5-15,30H,1H2,2-4H3/b10-9-/t24-,25?,31?/m0/s1. The van der Waals surface area contributed by atoms with Crippen molar-refractivity contribution in [1.82, 2.24) is 5.06 Å². The minimum atomic E-state index is -4.50. The highest BCUT2D eigenvalue weighted by atomic mass is 19.4. The van der Waals surface area contributed by atoms with E-state index in [1.54, 1.807) is 31.1 Å². The number of hydroxylamine groups is 2. The molecule has 0 radical (unpaired) electrons. The molecule has 1 saturated heterocycles. The zero-order valence-electron chi connectivity index (χ0n) is 18.5. The summed E-state index contributed by atoms with van der Waals surface area (Å²) >= 11 is 0. The molecule has 2 heterocycles. The molecule has 3 aromatic rings. The maximum Gasteiger partial charge on any atom is 0.416 e. The Hall–Kier alpha value is -3.45. The molecule has 170 valence electrons. The molecule has 0 saturated carbocycles. The van der Waals surface area contributed by atoms with Gasteiger partial charge in [-0.25, -0.2) is 0 Å². The van der Waals surface area contributed by atoms with Gasteiger partial charge in [-0.05, 0) is 55.8 Å². The first-order valence-electron chi connectivity index (χ1n) is 10.5. The number of ether oxygens (including phenoxy) is 1. The molecule has 2 aliphatic heterocycles. The molecule has 0 aromatic heterocycles. The lowest BCUT2D eigenvalue weighted by atomic mass is 10.0. The molecule has 3 aromatic carbocycles. The summed E-state index contributed by atoms with van der Waals surface area (Å²) in [7, 11) is 0. The van der Waals surface area contributed by atoms with E-state index >= 15 is 0 Å². The average Bonchev–Trinajstić information content (AvgIpc) is 3.22. The van der Waals surface area contributed by atoms with Crippen LogP contribution < -0.4 is 14.9 Å². The topological polar surface area (TPSA) is 33.5 Å². The fraction of sp³-hybridized carbons (Fsp3) is 0.231. The Morgan fingerprint density at radius 3 is 2.52 bits per heavy atom. The van der Waals surface area contributed by atoms with Gasteiger partial charge >= 0.3 is 6.18 Å². The number of benzene rings is 3. The van der Waals surface area contributed by atoms with Crippen molar-refractivity contribution in [2.75, 3.05) is 5.32 Å². The smallest absolute Gasteiger partial charge is 0.416 e. The van der Waals surface area contributed by atoms with E-state index in [4.69, 9.17) is 9.57 Å². The Balaban J connectivity index is 1.50. The highest BCUT2D eigenvalue weighted by Gasteiger charge is 2.78.